The second-order valence-electron chi connectivity index (χ2n) is 4.67. The van der Waals surface area contributed by atoms with Crippen molar-refractivity contribution in [1.29, 1.82) is 5.26 Å². The Morgan fingerprint density at radius 2 is 2.12 bits per heavy atom. The number of allylic oxidation sites excluding steroid dienone is 1. The fourth-order valence-corrected chi connectivity index (χ4v) is 2.42. The monoisotopic (exact) mass is 235 g/mol. The van der Waals surface area contributed by atoms with Crippen LogP contribution >= 0.6 is 0 Å². The van der Waals surface area contributed by atoms with Crippen LogP contribution in [0.25, 0.3) is 0 Å². The average molecular weight is 235 g/mol. The Balaban J connectivity index is 2.63. The van der Waals surface area contributed by atoms with Crippen molar-refractivity contribution in [2.45, 2.75) is 46.0 Å². The molecule has 3 nitrogen and oxygen atoms in total. The van der Waals surface area contributed by atoms with E-state index in [1.807, 2.05) is 6.07 Å². The van der Waals surface area contributed by atoms with Crippen LogP contribution in [0, 0.1) is 23.2 Å². The predicted octanol–water partition coefficient (Wildman–Crippen LogP) is 3.22. The SMILES string of the molecule is CCOC(=O)C(C#N)=CC(C)C1CCCCC1. The predicted molar refractivity (Wildman–Crippen MR) is 66.1 cm³/mol. The maximum absolute atomic E-state index is 11.5. The Bertz CT molecular complexity index is 322. The van der Waals surface area contributed by atoms with Crippen LogP contribution in [0.4, 0.5) is 0 Å². The zero-order valence-corrected chi connectivity index (χ0v) is 10.7. The highest BCUT2D eigenvalue weighted by Gasteiger charge is 2.20. The third-order valence-electron chi connectivity index (χ3n) is 3.44. The first kappa shape index (κ1) is 13.8. The standard InChI is InChI=1S/C14H21NO2/c1-3-17-14(16)13(10-15)9-11(2)12-7-5-4-6-8-12/h9,11-12H,3-8H2,1-2H3. The van der Waals surface area contributed by atoms with Crippen LogP contribution in [-0.2, 0) is 9.53 Å². The molecule has 1 atom stereocenters. The summed E-state index contributed by atoms with van der Waals surface area (Å²) in [4.78, 5) is 11.5. The van der Waals surface area contributed by atoms with Gasteiger partial charge < -0.3 is 4.74 Å². The summed E-state index contributed by atoms with van der Waals surface area (Å²) in [6, 6.07) is 1.94. The molecule has 0 heterocycles. The topological polar surface area (TPSA) is 50.1 Å². The zero-order chi connectivity index (χ0) is 12.7. The number of carbonyl (C=O) groups is 1. The Kier molecular flexibility index (Phi) is 5.76. The van der Waals surface area contributed by atoms with Gasteiger partial charge in [0.25, 0.3) is 0 Å². The molecule has 0 saturated heterocycles. The molecule has 0 spiro atoms. The molecule has 0 bridgehead atoms. The van der Waals surface area contributed by atoms with E-state index in [-0.39, 0.29) is 11.5 Å². The van der Waals surface area contributed by atoms with Crippen LogP contribution in [0.5, 0.6) is 0 Å². The zero-order valence-electron chi connectivity index (χ0n) is 10.7. The lowest BCUT2D eigenvalue weighted by Gasteiger charge is -2.25. The van der Waals surface area contributed by atoms with Crippen molar-refractivity contribution in [3.05, 3.63) is 11.6 Å². The molecule has 3 heteroatoms. The summed E-state index contributed by atoms with van der Waals surface area (Å²) in [5.41, 5.74) is 0.157. The molecule has 1 rings (SSSR count). The summed E-state index contributed by atoms with van der Waals surface area (Å²) in [7, 11) is 0. The maximum Gasteiger partial charge on any atom is 0.348 e. The number of esters is 1. The first-order valence-corrected chi connectivity index (χ1v) is 6.48. The first-order chi connectivity index (χ1) is 8.19. The molecule has 0 aliphatic heterocycles. The molecule has 1 unspecified atom stereocenters. The molecule has 0 aromatic heterocycles. The fourth-order valence-electron chi connectivity index (χ4n) is 2.42. The highest BCUT2D eigenvalue weighted by atomic mass is 16.5. The Morgan fingerprint density at radius 1 is 1.47 bits per heavy atom. The van der Waals surface area contributed by atoms with Gasteiger partial charge in [0.2, 0.25) is 0 Å². The van der Waals surface area contributed by atoms with Crippen molar-refractivity contribution in [2.75, 3.05) is 6.61 Å². The van der Waals surface area contributed by atoms with E-state index < -0.39 is 5.97 Å². The average Bonchev–Trinajstić information content (AvgIpc) is 2.37. The van der Waals surface area contributed by atoms with Crippen molar-refractivity contribution in [3.8, 4) is 6.07 Å². The normalized spacial score (nSPS) is 19.5. The van der Waals surface area contributed by atoms with Crippen molar-refractivity contribution < 1.29 is 9.53 Å². The van der Waals surface area contributed by atoms with Gasteiger partial charge in [-0.25, -0.2) is 4.79 Å². The van der Waals surface area contributed by atoms with Crippen LogP contribution in [0.2, 0.25) is 0 Å². The number of nitriles is 1. The summed E-state index contributed by atoms with van der Waals surface area (Å²) in [6.07, 6.45) is 8.05. The molecule has 1 aliphatic rings. The van der Waals surface area contributed by atoms with Gasteiger partial charge in [0.05, 0.1) is 6.61 Å². The van der Waals surface area contributed by atoms with Crippen molar-refractivity contribution >= 4 is 5.97 Å². The van der Waals surface area contributed by atoms with Crippen LogP contribution in [0.3, 0.4) is 0 Å². The number of ether oxygens (including phenoxy) is 1. The van der Waals surface area contributed by atoms with E-state index in [2.05, 4.69) is 6.92 Å². The molecular weight excluding hydrogens is 214 g/mol. The van der Waals surface area contributed by atoms with Gasteiger partial charge in [-0.15, -0.1) is 0 Å². The molecule has 0 aromatic carbocycles. The minimum Gasteiger partial charge on any atom is -0.462 e. The highest BCUT2D eigenvalue weighted by Crippen LogP contribution is 2.31. The van der Waals surface area contributed by atoms with Gasteiger partial charge in [0.1, 0.15) is 11.6 Å². The largest absolute Gasteiger partial charge is 0.462 e. The Morgan fingerprint density at radius 3 is 2.65 bits per heavy atom. The van der Waals surface area contributed by atoms with E-state index in [0.717, 1.165) is 0 Å². The van der Waals surface area contributed by atoms with Crippen LogP contribution in [-0.4, -0.2) is 12.6 Å². The summed E-state index contributed by atoms with van der Waals surface area (Å²) in [5, 5.41) is 8.95. The van der Waals surface area contributed by atoms with E-state index in [0.29, 0.717) is 12.5 Å². The molecular formula is C14H21NO2. The first-order valence-electron chi connectivity index (χ1n) is 6.48. The number of carbonyl (C=O) groups excluding carboxylic acids is 1. The molecule has 1 fully saturated rings. The van der Waals surface area contributed by atoms with Crippen molar-refractivity contribution in [3.63, 3.8) is 0 Å². The highest BCUT2D eigenvalue weighted by molar-refractivity contribution is 5.92. The van der Waals surface area contributed by atoms with E-state index in [1.54, 1.807) is 13.0 Å². The Labute approximate surface area is 103 Å². The number of rotatable bonds is 4. The van der Waals surface area contributed by atoms with Gasteiger partial charge in [-0.3, -0.25) is 0 Å². The van der Waals surface area contributed by atoms with Gasteiger partial charge in [-0.05, 0) is 31.6 Å². The summed E-state index contributed by atoms with van der Waals surface area (Å²) in [5.74, 6) is 0.411. The minimum absolute atomic E-state index is 0.157. The third kappa shape index (κ3) is 4.22. The Hall–Kier alpha value is -1.30. The second-order valence-corrected chi connectivity index (χ2v) is 4.67. The number of hydrogen-bond donors (Lipinski definition) is 0. The van der Waals surface area contributed by atoms with Gasteiger partial charge in [0.15, 0.2) is 0 Å². The summed E-state index contributed by atoms with van der Waals surface area (Å²) in [6.45, 7) is 4.15. The minimum atomic E-state index is -0.488. The second kappa shape index (κ2) is 7.11. The third-order valence-corrected chi connectivity index (χ3v) is 3.44. The van der Waals surface area contributed by atoms with E-state index in [1.165, 1.54) is 32.1 Å². The molecule has 17 heavy (non-hydrogen) atoms. The molecule has 1 saturated carbocycles. The van der Waals surface area contributed by atoms with Gasteiger partial charge in [-0.2, -0.15) is 5.26 Å². The lowest BCUT2D eigenvalue weighted by atomic mass is 9.80. The van der Waals surface area contributed by atoms with Gasteiger partial charge >= 0.3 is 5.97 Å². The molecule has 0 amide bonds. The van der Waals surface area contributed by atoms with E-state index in [4.69, 9.17) is 10.00 Å². The van der Waals surface area contributed by atoms with E-state index in [9.17, 15) is 4.79 Å². The number of nitrogens with zero attached hydrogens (tertiary/aromatic N) is 1. The number of hydrogen-bond acceptors (Lipinski definition) is 3. The summed E-state index contributed by atoms with van der Waals surface area (Å²) >= 11 is 0. The molecule has 0 aromatic rings. The van der Waals surface area contributed by atoms with Crippen LogP contribution in [0.15, 0.2) is 11.6 Å². The lowest BCUT2D eigenvalue weighted by Crippen LogP contribution is -2.15. The smallest absolute Gasteiger partial charge is 0.348 e. The van der Waals surface area contributed by atoms with Crippen LogP contribution < -0.4 is 0 Å². The van der Waals surface area contributed by atoms with Crippen LogP contribution in [0.1, 0.15) is 46.0 Å². The molecule has 0 N–H and O–H groups in total. The molecule has 94 valence electrons. The fraction of sp³-hybridized carbons (Fsp3) is 0.714. The summed E-state index contributed by atoms with van der Waals surface area (Å²) < 4.78 is 4.85. The van der Waals surface area contributed by atoms with Crippen molar-refractivity contribution in [2.24, 2.45) is 11.8 Å². The van der Waals surface area contributed by atoms with Gasteiger partial charge in [-0.1, -0.05) is 32.3 Å². The van der Waals surface area contributed by atoms with Gasteiger partial charge in [0, 0.05) is 0 Å². The quantitative estimate of drug-likeness (QED) is 0.427. The van der Waals surface area contributed by atoms with E-state index >= 15 is 0 Å². The molecule has 1 aliphatic carbocycles. The molecule has 0 radical (unpaired) electrons. The van der Waals surface area contributed by atoms with Crippen molar-refractivity contribution in [1.82, 2.24) is 0 Å². The maximum atomic E-state index is 11.5. The lowest BCUT2D eigenvalue weighted by molar-refractivity contribution is -0.138.